The first-order valence-corrected chi connectivity index (χ1v) is 13.7. The summed E-state index contributed by atoms with van der Waals surface area (Å²) in [4.78, 5) is 23.0. The molecular formula is C29H37N7O2. The van der Waals surface area contributed by atoms with Crippen molar-refractivity contribution in [1.82, 2.24) is 35.1 Å². The number of nitrogens with zero attached hydrogens (tertiary/aromatic N) is 6. The zero-order valence-corrected chi connectivity index (χ0v) is 22.5. The molecule has 4 aromatic rings. The lowest BCUT2D eigenvalue weighted by atomic mass is 9.94. The van der Waals surface area contributed by atoms with Gasteiger partial charge in [-0.2, -0.15) is 0 Å². The van der Waals surface area contributed by atoms with Crippen LogP contribution < -0.4 is 10.3 Å². The van der Waals surface area contributed by atoms with Crippen LogP contribution >= 0.6 is 0 Å². The summed E-state index contributed by atoms with van der Waals surface area (Å²) < 4.78 is 7.75. The van der Waals surface area contributed by atoms with Crippen molar-refractivity contribution in [3.63, 3.8) is 0 Å². The molecule has 1 atom stereocenters. The molecule has 9 nitrogen and oxygen atoms in total. The number of aromatic amines is 1. The molecule has 1 aliphatic rings. The van der Waals surface area contributed by atoms with Crippen molar-refractivity contribution < 1.29 is 4.74 Å². The Balaban J connectivity index is 1.54. The number of tetrazole rings is 1. The van der Waals surface area contributed by atoms with Gasteiger partial charge in [-0.3, -0.25) is 14.7 Å². The number of pyridine rings is 2. The minimum Gasteiger partial charge on any atom is -0.494 e. The normalized spacial score (nSPS) is 15.4. The fraction of sp³-hybridized carbons (Fsp3) is 0.483. The van der Waals surface area contributed by atoms with E-state index >= 15 is 0 Å². The number of rotatable bonds is 10. The van der Waals surface area contributed by atoms with Gasteiger partial charge in [0.2, 0.25) is 0 Å². The Bertz CT molecular complexity index is 1390. The molecule has 9 heteroatoms. The summed E-state index contributed by atoms with van der Waals surface area (Å²) in [7, 11) is 0. The predicted molar refractivity (Wildman–Crippen MR) is 147 cm³/mol. The average molecular weight is 516 g/mol. The lowest BCUT2D eigenvalue weighted by Gasteiger charge is -2.34. The number of nitrogens with one attached hydrogen (secondary N) is 1. The maximum atomic E-state index is 13.3. The molecule has 0 saturated heterocycles. The molecule has 3 heterocycles. The molecule has 1 aromatic carbocycles. The second-order valence-corrected chi connectivity index (χ2v) is 10.5. The van der Waals surface area contributed by atoms with Crippen molar-refractivity contribution in [3.05, 3.63) is 76.1 Å². The Morgan fingerprint density at radius 2 is 1.97 bits per heavy atom. The molecule has 1 N–H and O–H groups in total. The highest BCUT2D eigenvalue weighted by Gasteiger charge is 2.32. The van der Waals surface area contributed by atoms with Gasteiger partial charge in [0, 0.05) is 41.9 Å². The van der Waals surface area contributed by atoms with E-state index < -0.39 is 0 Å². The van der Waals surface area contributed by atoms with E-state index in [-0.39, 0.29) is 17.5 Å². The maximum absolute atomic E-state index is 13.3. The lowest BCUT2D eigenvalue weighted by Crippen LogP contribution is -2.36. The van der Waals surface area contributed by atoms with Gasteiger partial charge in [0.05, 0.1) is 18.7 Å². The minimum atomic E-state index is -0.0905. The quantitative estimate of drug-likeness (QED) is 0.309. The number of aromatic nitrogens is 6. The second-order valence-electron chi connectivity index (χ2n) is 10.5. The Labute approximate surface area is 223 Å². The summed E-state index contributed by atoms with van der Waals surface area (Å²) in [5.41, 5.74) is 2.47. The van der Waals surface area contributed by atoms with Crippen molar-refractivity contribution in [3.8, 4) is 5.75 Å². The second kappa shape index (κ2) is 11.9. The lowest BCUT2D eigenvalue weighted by molar-refractivity contribution is 0.121. The zero-order valence-electron chi connectivity index (χ0n) is 22.5. The monoisotopic (exact) mass is 515 g/mol. The van der Waals surface area contributed by atoms with Crippen LogP contribution in [0.5, 0.6) is 5.75 Å². The molecular weight excluding hydrogens is 478 g/mol. The first kappa shape index (κ1) is 26.0. The first-order chi connectivity index (χ1) is 18.5. The number of hydrogen-bond acceptors (Lipinski definition) is 7. The fourth-order valence-electron chi connectivity index (χ4n) is 5.67. The van der Waals surface area contributed by atoms with E-state index in [0.717, 1.165) is 40.9 Å². The highest BCUT2D eigenvalue weighted by molar-refractivity contribution is 5.80. The van der Waals surface area contributed by atoms with Crippen molar-refractivity contribution in [2.45, 2.75) is 78.0 Å². The van der Waals surface area contributed by atoms with Crippen molar-refractivity contribution in [2.24, 2.45) is 5.92 Å². The van der Waals surface area contributed by atoms with Crippen LogP contribution in [-0.2, 0) is 13.1 Å². The largest absolute Gasteiger partial charge is 0.494 e. The van der Waals surface area contributed by atoms with Gasteiger partial charge < -0.3 is 9.72 Å². The Kier molecular flexibility index (Phi) is 8.12. The number of H-pyrrole nitrogens is 1. The van der Waals surface area contributed by atoms with Crippen LogP contribution in [0.4, 0.5) is 0 Å². The van der Waals surface area contributed by atoms with Gasteiger partial charge >= 0.3 is 0 Å². The molecule has 0 bridgehead atoms. The summed E-state index contributed by atoms with van der Waals surface area (Å²) in [6.45, 7) is 8.00. The standard InChI is InChI=1S/C29H37N7O2/c1-4-38-25-12-13-26-22(16-25)15-23(29(37)31-26)19-35(18-21-9-8-14-30-17-21)27(20(2)3)28-32-33-34-36(28)24-10-6-5-7-11-24/h8-9,12-17,20,24,27H,4-7,10-11,18-19H2,1-3H3,(H,31,37)/t27-/m0/s1. The van der Waals surface area contributed by atoms with Crippen LogP contribution in [-0.4, -0.2) is 41.7 Å². The summed E-state index contributed by atoms with van der Waals surface area (Å²) in [6, 6.07) is 12.0. The molecule has 0 radical (unpaired) electrons. The van der Waals surface area contributed by atoms with E-state index in [2.05, 4.69) is 55.0 Å². The molecule has 0 spiro atoms. The number of fused-ring (bicyclic) bond motifs is 1. The predicted octanol–water partition coefficient (Wildman–Crippen LogP) is 5.21. The summed E-state index contributed by atoms with van der Waals surface area (Å²) in [5, 5.41) is 14.1. The molecule has 200 valence electrons. The SMILES string of the molecule is CCOc1ccc2[nH]c(=O)c(CN(Cc3cccnc3)[C@H](c3nnnn3C3CCCCC3)C(C)C)cc2c1. The first-order valence-electron chi connectivity index (χ1n) is 13.7. The topological polar surface area (TPSA) is 102 Å². The number of hydrogen-bond donors (Lipinski definition) is 1. The molecule has 3 aromatic heterocycles. The maximum Gasteiger partial charge on any atom is 0.252 e. The van der Waals surface area contributed by atoms with Crippen molar-refractivity contribution >= 4 is 10.9 Å². The smallest absolute Gasteiger partial charge is 0.252 e. The molecule has 0 amide bonds. The Hall–Kier alpha value is -3.59. The summed E-state index contributed by atoms with van der Waals surface area (Å²) in [6.07, 6.45) is 9.52. The van der Waals surface area contributed by atoms with Gasteiger partial charge in [-0.25, -0.2) is 4.68 Å². The fourth-order valence-corrected chi connectivity index (χ4v) is 5.67. The van der Waals surface area contributed by atoms with Crippen LogP contribution in [0.1, 0.15) is 81.9 Å². The van der Waals surface area contributed by atoms with E-state index in [1.165, 1.54) is 19.3 Å². The van der Waals surface area contributed by atoms with Gasteiger partial charge in [-0.15, -0.1) is 5.10 Å². The van der Waals surface area contributed by atoms with Gasteiger partial charge in [0.1, 0.15) is 5.75 Å². The molecule has 0 unspecified atom stereocenters. The highest BCUT2D eigenvalue weighted by Crippen LogP contribution is 2.34. The van der Waals surface area contributed by atoms with Crippen molar-refractivity contribution in [1.29, 1.82) is 0 Å². The highest BCUT2D eigenvalue weighted by atomic mass is 16.5. The third-order valence-electron chi connectivity index (χ3n) is 7.41. The molecule has 38 heavy (non-hydrogen) atoms. The van der Waals surface area contributed by atoms with Gasteiger partial charge in [0.25, 0.3) is 5.56 Å². The summed E-state index contributed by atoms with van der Waals surface area (Å²) in [5.74, 6) is 1.87. The van der Waals surface area contributed by atoms with E-state index in [1.807, 2.05) is 43.5 Å². The third-order valence-corrected chi connectivity index (χ3v) is 7.41. The molecule has 1 fully saturated rings. The van der Waals surface area contributed by atoms with Crippen LogP contribution in [0.15, 0.2) is 53.6 Å². The van der Waals surface area contributed by atoms with E-state index in [9.17, 15) is 4.79 Å². The third kappa shape index (κ3) is 5.78. The molecule has 1 aliphatic carbocycles. The Morgan fingerprint density at radius 1 is 1.13 bits per heavy atom. The van der Waals surface area contributed by atoms with E-state index in [4.69, 9.17) is 4.74 Å². The molecule has 5 rings (SSSR count). The van der Waals surface area contributed by atoms with Gasteiger partial charge in [-0.1, -0.05) is 39.2 Å². The zero-order chi connectivity index (χ0) is 26.5. The summed E-state index contributed by atoms with van der Waals surface area (Å²) >= 11 is 0. The minimum absolute atomic E-state index is 0.0861. The number of ether oxygens (including phenoxy) is 1. The van der Waals surface area contributed by atoms with Gasteiger partial charge in [-0.05, 0) is 72.0 Å². The van der Waals surface area contributed by atoms with E-state index in [1.54, 1.807) is 6.20 Å². The Morgan fingerprint density at radius 3 is 2.71 bits per heavy atom. The van der Waals surface area contributed by atoms with Gasteiger partial charge in [0.15, 0.2) is 5.82 Å². The van der Waals surface area contributed by atoms with Crippen LogP contribution in [0.2, 0.25) is 0 Å². The van der Waals surface area contributed by atoms with Crippen LogP contribution in [0, 0.1) is 5.92 Å². The van der Waals surface area contributed by atoms with Crippen LogP contribution in [0.25, 0.3) is 10.9 Å². The van der Waals surface area contributed by atoms with Crippen LogP contribution in [0.3, 0.4) is 0 Å². The average Bonchev–Trinajstić information content (AvgIpc) is 3.40. The number of benzene rings is 1. The van der Waals surface area contributed by atoms with E-state index in [0.29, 0.717) is 31.3 Å². The molecule has 0 aliphatic heterocycles. The molecule has 1 saturated carbocycles. The van der Waals surface area contributed by atoms with Crippen molar-refractivity contribution in [2.75, 3.05) is 6.61 Å².